The summed E-state index contributed by atoms with van der Waals surface area (Å²) in [4.78, 5) is 19.1. The predicted molar refractivity (Wildman–Crippen MR) is 88.6 cm³/mol. The number of nitrogens with two attached hydrogens (primary N) is 1. The number of hydrogen-bond donors (Lipinski definition) is 6. The topological polar surface area (TPSA) is 217 Å². The van der Waals surface area contributed by atoms with Crippen molar-refractivity contribution in [1.29, 1.82) is 0 Å². The van der Waals surface area contributed by atoms with E-state index in [0.29, 0.717) is 0 Å². The Morgan fingerprint density at radius 1 is 0.929 bits per heavy atom. The van der Waals surface area contributed by atoms with Crippen molar-refractivity contribution in [3.8, 4) is 0 Å². The van der Waals surface area contributed by atoms with E-state index in [1.165, 1.54) is 0 Å². The number of aliphatic hydroxyl groups is 3. The van der Waals surface area contributed by atoms with E-state index in [1.807, 2.05) is 0 Å². The maximum atomic E-state index is 12.1. The zero-order valence-corrected chi connectivity index (χ0v) is 16.0. The third-order valence-electron chi connectivity index (χ3n) is 3.97. The number of phosphoric acid groups is 2. The van der Waals surface area contributed by atoms with Crippen LogP contribution < -0.4 is 5.90 Å². The van der Waals surface area contributed by atoms with Crippen LogP contribution in [0.15, 0.2) is 0 Å². The third kappa shape index (κ3) is 5.84. The van der Waals surface area contributed by atoms with Crippen LogP contribution in [-0.2, 0) is 36.8 Å². The maximum Gasteiger partial charge on any atom is 0.489 e. The second kappa shape index (κ2) is 9.50. The van der Waals surface area contributed by atoms with E-state index in [1.54, 1.807) is 0 Å². The van der Waals surface area contributed by atoms with Crippen LogP contribution in [-0.4, -0.2) is 103 Å². The minimum atomic E-state index is -4.88. The van der Waals surface area contributed by atoms with Crippen molar-refractivity contribution in [2.75, 3.05) is 13.2 Å². The highest BCUT2D eigenvalue weighted by atomic mass is 31.2. The van der Waals surface area contributed by atoms with Gasteiger partial charge in [-0.1, -0.05) is 0 Å². The van der Waals surface area contributed by atoms with Crippen molar-refractivity contribution in [3.05, 3.63) is 0 Å². The molecule has 18 heteroatoms. The fourth-order valence-corrected chi connectivity index (χ4v) is 4.19. The Labute approximate surface area is 161 Å². The van der Waals surface area contributed by atoms with Crippen molar-refractivity contribution in [2.45, 2.75) is 48.6 Å². The Hall–Kier alpha value is 0.110. The zero-order chi connectivity index (χ0) is 21.3. The predicted octanol–water partition coefficient (Wildman–Crippen LogP) is -3.63. The summed E-state index contributed by atoms with van der Waals surface area (Å²) < 4.78 is 51.4. The van der Waals surface area contributed by atoms with E-state index in [2.05, 4.69) is 15.0 Å². The zero-order valence-electron chi connectivity index (χ0n) is 14.2. The molecule has 2 fully saturated rings. The summed E-state index contributed by atoms with van der Waals surface area (Å²) in [6.45, 7) is -1.46. The molecule has 2 heterocycles. The third-order valence-corrected chi connectivity index (χ3v) is 5.73. The Morgan fingerprint density at radius 3 is 1.89 bits per heavy atom. The Morgan fingerprint density at radius 2 is 1.39 bits per heavy atom. The van der Waals surface area contributed by atoms with Crippen molar-refractivity contribution in [2.24, 2.45) is 5.90 Å². The largest absolute Gasteiger partial charge is 0.489 e. The highest BCUT2D eigenvalue weighted by molar-refractivity contribution is 7.47. The molecule has 0 spiro atoms. The van der Waals surface area contributed by atoms with E-state index in [9.17, 15) is 29.1 Å². The van der Waals surface area contributed by atoms with Gasteiger partial charge in [0.25, 0.3) is 0 Å². The molecule has 2 aliphatic rings. The molecule has 0 aliphatic carbocycles. The average Bonchev–Trinajstić information content (AvgIpc) is 3.04. The summed E-state index contributed by atoms with van der Waals surface area (Å²) in [7, 11) is 1.22. The molecule has 0 aromatic carbocycles. The van der Waals surface area contributed by atoms with Crippen molar-refractivity contribution in [1.82, 2.24) is 0 Å². The van der Waals surface area contributed by atoms with E-state index >= 15 is 0 Å². The Balaban J connectivity index is 2.00. The molecule has 2 saturated heterocycles. The summed E-state index contributed by atoms with van der Waals surface area (Å²) in [5.74, 6) is 4.60. The average molecular weight is 445 g/mol. The lowest BCUT2D eigenvalue weighted by Gasteiger charge is -2.25. The van der Waals surface area contributed by atoms with Gasteiger partial charge in [-0.05, 0) is 0 Å². The lowest BCUT2D eigenvalue weighted by Crippen LogP contribution is -2.38. The SMILES string of the molecule is [B][C@@H]1O[C@H](COP(=O)(O)OC2C(O)[C@H]([B])O[C@@H]2CO)C(OP(=O)(O)ON)C1O. The molecule has 6 unspecified atom stereocenters. The van der Waals surface area contributed by atoms with Crippen LogP contribution >= 0.6 is 15.6 Å². The van der Waals surface area contributed by atoms with Gasteiger partial charge in [0.1, 0.15) is 52.3 Å². The smallest absolute Gasteiger partial charge is 0.394 e. The number of phosphoric ester groups is 2. The molecule has 10 atom stereocenters. The summed E-state index contributed by atoms with van der Waals surface area (Å²) in [5, 5.41) is 28.8. The molecule has 158 valence electrons. The first-order chi connectivity index (χ1) is 12.9. The van der Waals surface area contributed by atoms with Gasteiger partial charge in [0.15, 0.2) is 0 Å². The van der Waals surface area contributed by atoms with Crippen molar-refractivity contribution < 1.29 is 61.9 Å². The van der Waals surface area contributed by atoms with Gasteiger partial charge < -0.3 is 34.6 Å². The van der Waals surface area contributed by atoms with Crippen LogP contribution in [0.4, 0.5) is 0 Å². The monoisotopic (exact) mass is 445 g/mol. The molecule has 2 aliphatic heterocycles. The van der Waals surface area contributed by atoms with Crippen LogP contribution in [0.1, 0.15) is 0 Å². The maximum absolute atomic E-state index is 12.1. The second-order valence-corrected chi connectivity index (χ2v) is 8.69. The second-order valence-electron chi connectivity index (χ2n) is 5.92. The molecule has 0 aromatic heterocycles. The molecule has 4 radical (unpaired) electrons. The van der Waals surface area contributed by atoms with Crippen LogP contribution in [0.2, 0.25) is 0 Å². The molecule has 0 aromatic rings. The van der Waals surface area contributed by atoms with Gasteiger partial charge in [-0.25, -0.2) is 19.7 Å². The quantitative estimate of drug-likeness (QED) is 0.115. The fraction of sp³-hybridized carbons (Fsp3) is 1.00. The molecule has 2 rings (SSSR count). The molecule has 0 bridgehead atoms. The molecule has 7 N–H and O–H groups in total. The molecular weight excluding hydrogens is 426 g/mol. The van der Waals surface area contributed by atoms with E-state index in [4.69, 9.17) is 39.3 Å². The van der Waals surface area contributed by atoms with Gasteiger partial charge in [-0.2, -0.15) is 0 Å². The molecule has 0 saturated carbocycles. The summed E-state index contributed by atoms with van der Waals surface area (Å²) >= 11 is 0. The van der Waals surface area contributed by atoms with Crippen LogP contribution in [0.3, 0.4) is 0 Å². The van der Waals surface area contributed by atoms with Crippen LogP contribution in [0, 0.1) is 0 Å². The van der Waals surface area contributed by atoms with Crippen LogP contribution in [0.25, 0.3) is 0 Å². The van der Waals surface area contributed by atoms with E-state index < -0.39 is 77.5 Å². The summed E-state index contributed by atoms with van der Waals surface area (Å²) in [6.07, 6.45) is -8.82. The first-order valence-corrected chi connectivity index (χ1v) is 10.7. The van der Waals surface area contributed by atoms with E-state index in [-0.39, 0.29) is 0 Å². The molecule has 0 amide bonds. The van der Waals surface area contributed by atoms with Crippen molar-refractivity contribution >= 4 is 31.3 Å². The van der Waals surface area contributed by atoms with Gasteiger partial charge in [0, 0.05) is 12.0 Å². The number of rotatable bonds is 9. The number of ether oxygens (including phenoxy) is 2. The highest BCUT2D eigenvalue weighted by Crippen LogP contribution is 2.49. The first-order valence-electron chi connectivity index (χ1n) is 7.75. The van der Waals surface area contributed by atoms with Crippen LogP contribution in [0.5, 0.6) is 0 Å². The number of hydrogen-bond acceptors (Lipinski definition) is 12. The lowest BCUT2D eigenvalue weighted by atomic mass is 9.93. The summed E-state index contributed by atoms with van der Waals surface area (Å²) in [6, 6.07) is -2.64. The van der Waals surface area contributed by atoms with Gasteiger partial charge in [0.05, 0.1) is 13.2 Å². The van der Waals surface area contributed by atoms with Gasteiger partial charge >= 0.3 is 15.6 Å². The lowest BCUT2D eigenvalue weighted by molar-refractivity contribution is -0.0333. The summed E-state index contributed by atoms with van der Waals surface area (Å²) in [5.41, 5.74) is 0. The molecule has 14 nitrogen and oxygen atoms in total. The van der Waals surface area contributed by atoms with Gasteiger partial charge in [0.2, 0.25) is 0 Å². The number of aliphatic hydroxyl groups excluding tert-OH is 3. The first kappa shape index (κ1) is 24.4. The minimum Gasteiger partial charge on any atom is -0.394 e. The fourth-order valence-electron chi connectivity index (χ4n) is 2.61. The normalized spacial score (nSPS) is 42.9. The standard InChI is InChI=1S/C10H19B2NO13P2/c11-9-5(15)7(3(1-14)22-9)24-27(17,18)21-2-4-8(6(16)10(12)23-4)25-28(19,20)26-13/h3-10,14-16H,1-2,13H2,(H,17,18)(H,19,20)/t3-,4-,5?,6?,7?,8?,9-,10-/m1/s1. The Kier molecular flexibility index (Phi) is 8.27. The molecular formula is C10H19B2NO13P2. The van der Waals surface area contributed by atoms with Crippen molar-refractivity contribution in [3.63, 3.8) is 0 Å². The van der Waals surface area contributed by atoms with E-state index in [0.717, 1.165) is 0 Å². The molecule has 28 heavy (non-hydrogen) atoms. The Bertz CT molecular complexity index is 630. The van der Waals surface area contributed by atoms with Gasteiger partial charge in [-0.3, -0.25) is 13.6 Å². The highest BCUT2D eigenvalue weighted by Gasteiger charge is 2.48. The van der Waals surface area contributed by atoms with Gasteiger partial charge in [-0.15, -0.1) is 0 Å². The minimum absolute atomic E-state index is 0.664.